The summed E-state index contributed by atoms with van der Waals surface area (Å²) in [6.45, 7) is 0.606. The number of imide groups is 1. The molecule has 4 atom stereocenters. The lowest BCUT2D eigenvalue weighted by molar-refractivity contribution is -0.384. The lowest BCUT2D eigenvalue weighted by Gasteiger charge is -2.36. The van der Waals surface area contributed by atoms with Crippen LogP contribution in [0.5, 0.6) is 0 Å². The number of nitrogens with zero attached hydrogens (tertiary/aromatic N) is 3. The second kappa shape index (κ2) is 6.36. The number of benzene rings is 2. The Labute approximate surface area is 187 Å². The number of hydrogen-bond acceptors (Lipinski definition) is 6. The van der Waals surface area contributed by atoms with Gasteiger partial charge in [-0.15, -0.1) is 0 Å². The molecule has 0 aliphatic carbocycles. The Bertz CT molecular complexity index is 1230. The van der Waals surface area contributed by atoms with Gasteiger partial charge < -0.3 is 5.32 Å². The molecule has 2 aromatic rings. The van der Waals surface area contributed by atoms with E-state index in [2.05, 4.69) is 5.32 Å². The lowest BCUT2D eigenvalue weighted by atomic mass is 9.75. The number of halogens is 1. The zero-order valence-corrected chi connectivity index (χ0v) is 17.4. The number of nitrogens with one attached hydrogen (secondary N) is 1. The lowest BCUT2D eigenvalue weighted by Crippen LogP contribution is -2.54. The topological polar surface area (TPSA) is 113 Å². The van der Waals surface area contributed by atoms with Crippen molar-refractivity contribution < 1.29 is 19.3 Å². The summed E-state index contributed by atoms with van der Waals surface area (Å²) in [5.74, 6) is -2.72. The highest BCUT2D eigenvalue weighted by Crippen LogP contribution is 2.60. The first kappa shape index (κ1) is 19.4. The number of carbonyl (C=O) groups excluding carboxylic acids is 3. The summed E-state index contributed by atoms with van der Waals surface area (Å²) in [6.07, 6.45) is 1.52. The molecule has 0 saturated carbocycles. The van der Waals surface area contributed by atoms with E-state index >= 15 is 0 Å². The van der Waals surface area contributed by atoms with Crippen LogP contribution in [0, 0.1) is 22.0 Å². The normalized spacial score (nSPS) is 30.6. The molecule has 0 radical (unpaired) electrons. The van der Waals surface area contributed by atoms with Crippen LogP contribution in [-0.2, 0) is 19.9 Å². The predicted octanol–water partition coefficient (Wildman–Crippen LogP) is 2.68. The molecule has 1 spiro atoms. The molecule has 4 aliphatic heterocycles. The van der Waals surface area contributed by atoms with Crippen LogP contribution in [0.3, 0.4) is 0 Å². The van der Waals surface area contributed by atoms with E-state index in [4.69, 9.17) is 11.6 Å². The van der Waals surface area contributed by atoms with Crippen LogP contribution in [0.25, 0.3) is 0 Å². The number of nitro groups is 1. The van der Waals surface area contributed by atoms with Gasteiger partial charge in [0, 0.05) is 34.4 Å². The van der Waals surface area contributed by atoms with Crippen LogP contribution in [0.2, 0.25) is 5.02 Å². The molecule has 9 nitrogen and oxygen atoms in total. The Balaban J connectivity index is 1.51. The maximum absolute atomic E-state index is 13.8. The average molecular weight is 453 g/mol. The van der Waals surface area contributed by atoms with Gasteiger partial charge in [0.2, 0.25) is 17.7 Å². The van der Waals surface area contributed by atoms with E-state index in [0.29, 0.717) is 29.2 Å². The molecule has 1 N–H and O–H groups in total. The maximum Gasteiger partial charge on any atom is 0.269 e. The van der Waals surface area contributed by atoms with Gasteiger partial charge in [0.25, 0.3) is 5.69 Å². The summed E-state index contributed by atoms with van der Waals surface area (Å²) in [5, 5.41) is 14.3. The number of carbonyl (C=O) groups is 3. The van der Waals surface area contributed by atoms with Gasteiger partial charge in [-0.3, -0.25) is 29.4 Å². The van der Waals surface area contributed by atoms with Gasteiger partial charge in [-0.1, -0.05) is 11.6 Å². The molecule has 32 heavy (non-hydrogen) atoms. The third-order valence-corrected chi connectivity index (χ3v) is 7.51. The van der Waals surface area contributed by atoms with Gasteiger partial charge in [-0.2, -0.15) is 0 Å². The third-order valence-electron chi connectivity index (χ3n) is 7.27. The first-order valence-electron chi connectivity index (χ1n) is 10.4. The van der Waals surface area contributed by atoms with Gasteiger partial charge in [0.15, 0.2) is 0 Å². The first-order chi connectivity index (χ1) is 15.4. The van der Waals surface area contributed by atoms with E-state index in [1.54, 1.807) is 18.2 Å². The first-order valence-corrected chi connectivity index (χ1v) is 10.7. The van der Waals surface area contributed by atoms with Crippen LogP contribution in [0.1, 0.15) is 18.4 Å². The van der Waals surface area contributed by atoms with Gasteiger partial charge in [0.05, 0.1) is 22.4 Å². The van der Waals surface area contributed by atoms with Gasteiger partial charge in [-0.05, 0) is 49.7 Å². The Morgan fingerprint density at radius 2 is 1.84 bits per heavy atom. The fourth-order valence-corrected chi connectivity index (χ4v) is 6.33. The Hall–Kier alpha value is -3.30. The number of hydrogen-bond donors (Lipinski definition) is 1. The van der Waals surface area contributed by atoms with Crippen molar-refractivity contribution in [2.75, 3.05) is 16.8 Å². The third kappa shape index (κ3) is 2.19. The summed E-state index contributed by atoms with van der Waals surface area (Å²) in [7, 11) is 0. The fourth-order valence-electron chi connectivity index (χ4n) is 6.15. The summed E-state index contributed by atoms with van der Waals surface area (Å²) >= 11 is 6.27. The zero-order valence-electron chi connectivity index (χ0n) is 16.7. The molecule has 3 saturated heterocycles. The van der Waals surface area contributed by atoms with Crippen molar-refractivity contribution in [3.63, 3.8) is 0 Å². The Kier molecular flexibility index (Phi) is 3.86. The summed E-state index contributed by atoms with van der Waals surface area (Å²) < 4.78 is 0. The number of fused-ring (bicyclic) bond motifs is 7. The minimum Gasteiger partial charge on any atom is -0.324 e. The highest BCUT2D eigenvalue weighted by atomic mass is 35.5. The van der Waals surface area contributed by atoms with Crippen molar-refractivity contribution in [3.8, 4) is 0 Å². The van der Waals surface area contributed by atoms with Crippen molar-refractivity contribution in [2.45, 2.75) is 24.4 Å². The van der Waals surface area contributed by atoms with Crippen molar-refractivity contribution in [1.82, 2.24) is 4.90 Å². The van der Waals surface area contributed by atoms with E-state index < -0.39 is 28.2 Å². The monoisotopic (exact) mass is 452 g/mol. The largest absolute Gasteiger partial charge is 0.324 e. The zero-order chi connectivity index (χ0) is 22.4. The van der Waals surface area contributed by atoms with Crippen LogP contribution in [-0.4, -0.2) is 40.1 Å². The summed E-state index contributed by atoms with van der Waals surface area (Å²) in [6, 6.07) is 10.2. The fraction of sp³-hybridized carbons (Fsp3) is 0.318. The predicted molar refractivity (Wildman–Crippen MR) is 114 cm³/mol. The molecular formula is C22H17ClN4O5. The Morgan fingerprint density at radius 3 is 2.56 bits per heavy atom. The van der Waals surface area contributed by atoms with Crippen LogP contribution in [0.15, 0.2) is 42.5 Å². The number of nitro benzene ring substituents is 1. The maximum atomic E-state index is 13.8. The van der Waals surface area contributed by atoms with Crippen molar-refractivity contribution in [1.29, 1.82) is 0 Å². The molecule has 6 rings (SSSR count). The molecule has 0 unspecified atom stereocenters. The number of anilines is 2. The van der Waals surface area contributed by atoms with Crippen LogP contribution in [0.4, 0.5) is 17.1 Å². The molecular weight excluding hydrogens is 436 g/mol. The smallest absolute Gasteiger partial charge is 0.269 e. The molecule has 4 aliphatic rings. The van der Waals surface area contributed by atoms with Gasteiger partial charge >= 0.3 is 0 Å². The van der Waals surface area contributed by atoms with Gasteiger partial charge in [-0.25, -0.2) is 4.90 Å². The minimum absolute atomic E-state index is 0.134. The minimum atomic E-state index is -1.30. The van der Waals surface area contributed by atoms with Gasteiger partial charge in [0.1, 0.15) is 5.54 Å². The van der Waals surface area contributed by atoms with Crippen molar-refractivity contribution in [3.05, 3.63) is 63.2 Å². The molecule has 3 fully saturated rings. The quantitative estimate of drug-likeness (QED) is 0.426. The standard InChI is InChI=1S/C22H17ClN4O5/c23-11-3-8-15-14(10-11)22(21(30)24-15)18-17(16-2-1-9-25(16)22)19(28)26(20(18)29)12-4-6-13(7-5-12)27(31)32/h3-8,10,16-18H,1-2,9H2,(H,24,30)/t16-,17-,18-,22+/m0/s1. The molecule has 3 amide bonds. The Morgan fingerprint density at radius 1 is 1.09 bits per heavy atom. The van der Waals surface area contributed by atoms with E-state index in [-0.39, 0.29) is 29.2 Å². The summed E-state index contributed by atoms with van der Waals surface area (Å²) in [5.41, 5.74) is 0.0596. The van der Waals surface area contributed by atoms with E-state index in [0.717, 1.165) is 11.3 Å². The SMILES string of the molecule is O=C1[C@@H]2[C@@H](C(=O)N1c1ccc([N+](=O)[O-])cc1)[C@]1(C(=O)Nc3ccc(Cl)cc31)N1CCC[C@@H]21. The molecule has 0 aromatic heterocycles. The molecule has 10 heteroatoms. The number of non-ortho nitro benzene ring substituents is 1. The average Bonchev–Trinajstić information content (AvgIpc) is 3.47. The van der Waals surface area contributed by atoms with Crippen LogP contribution >= 0.6 is 11.6 Å². The van der Waals surface area contributed by atoms with E-state index in [1.807, 2.05) is 4.90 Å². The molecule has 0 bridgehead atoms. The molecule has 4 heterocycles. The second-order valence-electron chi connectivity index (χ2n) is 8.60. The van der Waals surface area contributed by atoms with Crippen molar-refractivity contribution >= 4 is 46.4 Å². The van der Waals surface area contributed by atoms with Crippen LogP contribution < -0.4 is 10.2 Å². The van der Waals surface area contributed by atoms with E-state index in [9.17, 15) is 24.5 Å². The summed E-state index contributed by atoms with van der Waals surface area (Å²) in [4.78, 5) is 54.4. The van der Waals surface area contributed by atoms with E-state index in [1.165, 1.54) is 24.3 Å². The second-order valence-corrected chi connectivity index (χ2v) is 9.04. The number of amides is 3. The molecule has 2 aromatic carbocycles. The molecule has 162 valence electrons. The highest BCUT2D eigenvalue weighted by molar-refractivity contribution is 6.31. The number of rotatable bonds is 2. The highest BCUT2D eigenvalue weighted by Gasteiger charge is 2.74. The van der Waals surface area contributed by atoms with Crippen molar-refractivity contribution in [2.24, 2.45) is 11.8 Å².